The number of hydrogen-bond acceptors (Lipinski definition) is 3. The highest BCUT2D eigenvalue weighted by Crippen LogP contribution is 2.33. The predicted molar refractivity (Wildman–Crippen MR) is 67.1 cm³/mol. The summed E-state index contributed by atoms with van der Waals surface area (Å²) in [6, 6.07) is 10.7. The lowest BCUT2D eigenvalue weighted by Gasteiger charge is -2.10. The van der Waals surface area contributed by atoms with Crippen LogP contribution in [0.5, 0.6) is 11.5 Å². The standard InChI is InChI=1S/C14H9F3N2O/c15-14(16,17)10-2-1-3-11(6-10)20-12-5-4-9(8-18)13(19)7-12/h1-7H,19H2. The molecule has 0 aliphatic carbocycles. The van der Waals surface area contributed by atoms with Gasteiger partial charge in [0.05, 0.1) is 16.8 Å². The summed E-state index contributed by atoms with van der Waals surface area (Å²) in [4.78, 5) is 0. The maximum atomic E-state index is 12.6. The van der Waals surface area contributed by atoms with E-state index in [1.807, 2.05) is 6.07 Å². The number of nitrogens with zero attached hydrogens (tertiary/aromatic N) is 1. The van der Waals surface area contributed by atoms with E-state index in [1.165, 1.54) is 30.3 Å². The smallest absolute Gasteiger partial charge is 0.416 e. The molecule has 20 heavy (non-hydrogen) atoms. The number of hydrogen-bond donors (Lipinski definition) is 1. The van der Waals surface area contributed by atoms with Gasteiger partial charge in [-0.05, 0) is 30.3 Å². The van der Waals surface area contributed by atoms with E-state index < -0.39 is 11.7 Å². The zero-order valence-electron chi connectivity index (χ0n) is 10.1. The van der Waals surface area contributed by atoms with Crippen molar-refractivity contribution < 1.29 is 17.9 Å². The summed E-state index contributed by atoms with van der Waals surface area (Å²) < 4.78 is 43.0. The van der Waals surface area contributed by atoms with E-state index in [0.29, 0.717) is 0 Å². The molecule has 2 aromatic carbocycles. The third kappa shape index (κ3) is 3.01. The Hall–Kier alpha value is -2.68. The van der Waals surface area contributed by atoms with E-state index in [2.05, 4.69) is 0 Å². The number of benzene rings is 2. The molecular formula is C14H9F3N2O. The summed E-state index contributed by atoms with van der Waals surface area (Å²) in [5.74, 6) is 0.310. The van der Waals surface area contributed by atoms with Crippen LogP contribution >= 0.6 is 0 Å². The van der Waals surface area contributed by atoms with Gasteiger partial charge in [0, 0.05) is 6.07 Å². The van der Waals surface area contributed by atoms with Gasteiger partial charge in [0.1, 0.15) is 17.6 Å². The SMILES string of the molecule is N#Cc1ccc(Oc2cccc(C(F)(F)F)c2)cc1N. The van der Waals surface area contributed by atoms with E-state index >= 15 is 0 Å². The maximum Gasteiger partial charge on any atom is 0.416 e. The minimum Gasteiger partial charge on any atom is -0.457 e. The average molecular weight is 278 g/mol. The van der Waals surface area contributed by atoms with E-state index in [-0.39, 0.29) is 22.7 Å². The Morgan fingerprint density at radius 2 is 1.75 bits per heavy atom. The van der Waals surface area contributed by atoms with Crippen LogP contribution in [0.3, 0.4) is 0 Å². The van der Waals surface area contributed by atoms with Crippen LogP contribution < -0.4 is 10.5 Å². The predicted octanol–water partition coefficient (Wildman–Crippen LogP) is 3.95. The average Bonchev–Trinajstić information content (AvgIpc) is 2.38. The number of nitriles is 1. The van der Waals surface area contributed by atoms with Crippen molar-refractivity contribution >= 4 is 5.69 Å². The second kappa shape index (κ2) is 5.13. The fourth-order valence-electron chi connectivity index (χ4n) is 1.58. The van der Waals surface area contributed by atoms with Crippen LogP contribution in [0.15, 0.2) is 42.5 Å². The van der Waals surface area contributed by atoms with Crippen molar-refractivity contribution in [2.24, 2.45) is 0 Å². The van der Waals surface area contributed by atoms with Crippen molar-refractivity contribution in [3.63, 3.8) is 0 Å². The number of rotatable bonds is 2. The highest BCUT2D eigenvalue weighted by atomic mass is 19.4. The van der Waals surface area contributed by atoms with Crippen LogP contribution in [0, 0.1) is 11.3 Å². The minimum atomic E-state index is -4.43. The first kappa shape index (κ1) is 13.7. The molecule has 2 N–H and O–H groups in total. The largest absolute Gasteiger partial charge is 0.457 e. The molecule has 0 unspecified atom stereocenters. The molecule has 2 rings (SSSR count). The van der Waals surface area contributed by atoms with Gasteiger partial charge in [-0.15, -0.1) is 0 Å². The van der Waals surface area contributed by atoms with Crippen LogP contribution in [-0.2, 0) is 6.18 Å². The maximum absolute atomic E-state index is 12.6. The normalized spacial score (nSPS) is 10.9. The summed E-state index contributed by atoms with van der Waals surface area (Å²) in [6.45, 7) is 0. The van der Waals surface area contributed by atoms with Crippen LogP contribution in [-0.4, -0.2) is 0 Å². The van der Waals surface area contributed by atoms with Crippen molar-refractivity contribution in [3.8, 4) is 17.6 Å². The van der Waals surface area contributed by atoms with Gasteiger partial charge in [-0.1, -0.05) is 6.07 Å². The first-order valence-corrected chi connectivity index (χ1v) is 5.55. The van der Waals surface area contributed by atoms with Crippen molar-refractivity contribution in [1.29, 1.82) is 5.26 Å². The molecule has 0 aliphatic heterocycles. The monoisotopic (exact) mass is 278 g/mol. The van der Waals surface area contributed by atoms with Crippen LogP contribution in [0.25, 0.3) is 0 Å². The molecule has 0 aliphatic rings. The van der Waals surface area contributed by atoms with Gasteiger partial charge in [-0.2, -0.15) is 18.4 Å². The third-order valence-corrected chi connectivity index (χ3v) is 2.54. The summed E-state index contributed by atoms with van der Waals surface area (Å²) >= 11 is 0. The fourth-order valence-corrected chi connectivity index (χ4v) is 1.58. The minimum absolute atomic E-state index is 0.0453. The Bertz CT molecular complexity index is 675. The Morgan fingerprint density at radius 1 is 1.05 bits per heavy atom. The zero-order chi connectivity index (χ0) is 14.8. The van der Waals surface area contributed by atoms with Crippen molar-refractivity contribution in [2.45, 2.75) is 6.18 Å². The summed E-state index contributed by atoms with van der Waals surface area (Å²) in [7, 11) is 0. The Morgan fingerprint density at radius 3 is 2.35 bits per heavy atom. The summed E-state index contributed by atoms with van der Waals surface area (Å²) in [5.41, 5.74) is 5.29. The molecule has 3 nitrogen and oxygen atoms in total. The van der Waals surface area contributed by atoms with Gasteiger partial charge in [0.15, 0.2) is 0 Å². The van der Waals surface area contributed by atoms with Gasteiger partial charge in [-0.3, -0.25) is 0 Å². The topological polar surface area (TPSA) is 59.0 Å². The molecule has 0 fully saturated rings. The molecule has 2 aromatic rings. The van der Waals surface area contributed by atoms with Gasteiger partial charge < -0.3 is 10.5 Å². The molecule has 102 valence electrons. The number of halogens is 3. The summed E-state index contributed by atoms with van der Waals surface area (Å²) in [5, 5.41) is 8.73. The molecule has 0 radical (unpaired) electrons. The molecule has 0 atom stereocenters. The highest BCUT2D eigenvalue weighted by molar-refractivity contribution is 5.57. The number of nitrogens with two attached hydrogens (primary N) is 1. The first-order valence-electron chi connectivity index (χ1n) is 5.55. The molecule has 0 spiro atoms. The number of alkyl halides is 3. The second-order valence-electron chi connectivity index (χ2n) is 3.99. The van der Waals surface area contributed by atoms with Crippen LogP contribution in [0.4, 0.5) is 18.9 Å². The van der Waals surface area contributed by atoms with Crippen molar-refractivity contribution in [2.75, 3.05) is 5.73 Å². The quantitative estimate of drug-likeness (QED) is 0.846. The van der Waals surface area contributed by atoms with E-state index in [1.54, 1.807) is 0 Å². The fraction of sp³-hybridized carbons (Fsp3) is 0.0714. The Balaban J connectivity index is 2.27. The molecule has 0 aromatic heterocycles. The lowest BCUT2D eigenvalue weighted by atomic mass is 10.2. The van der Waals surface area contributed by atoms with E-state index in [4.69, 9.17) is 15.7 Å². The lowest BCUT2D eigenvalue weighted by Crippen LogP contribution is -2.04. The molecule has 6 heteroatoms. The second-order valence-corrected chi connectivity index (χ2v) is 3.99. The zero-order valence-corrected chi connectivity index (χ0v) is 10.1. The number of ether oxygens (including phenoxy) is 1. The van der Waals surface area contributed by atoms with Gasteiger partial charge in [0.2, 0.25) is 0 Å². The number of nitrogen functional groups attached to an aromatic ring is 1. The van der Waals surface area contributed by atoms with Gasteiger partial charge in [-0.25, -0.2) is 0 Å². The van der Waals surface area contributed by atoms with E-state index in [9.17, 15) is 13.2 Å². The third-order valence-electron chi connectivity index (χ3n) is 2.54. The molecule has 0 amide bonds. The lowest BCUT2D eigenvalue weighted by molar-refractivity contribution is -0.137. The molecular weight excluding hydrogens is 269 g/mol. The molecule has 0 bridgehead atoms. The van der Waals surface area contributed by atoms with Crippen molar-refractivity contribution in [3.05, 3.63) is 53.6 Å². The van der Waals surface area contributed by atoms with Crippen LogP contribution in [0.1, 0.15) is 11.1 Å². The first-order chi connectivity index (χ1) is 9.40. The number of anilines is 1. The van der Waals surface area contributed by atoms with E-state index in [0.717, 1.165) is 12.1 Å². The Labute approximate surface area is 113 Å². The summed E-state index contributed by atoms with van der Waals surface area (Å²) in [6.07, 6.45) is -4.43. The van der Waals surface area contributed by atoms with Gasteiger partial charge in [0.25, 0.3) is 0 Å². The highest BCUT2D eigenvalue weighted by Gasteiger charge is 2.30. The van der Waals surface area contributed by atoms with Crippen LogP contribution in [0.2, 0.25) is 0 Å². The van der Waals surface area contributed by atoms with Gasteiger partial charge >= 0.3 is 6.18 Å². The molecule has 0 saturated carbocycles. The van der Waals surface area contributed by atoms with Crippen molar-refractivity contribution in [1.82, 2.24) is 0 Å². The Kier molecular flexibility index (Phi) is 3.53. The molecule has 0 heterocycles. The molecule has 0 saturated heterocycles.